The van der Waals surface area contributed by atoms with Gasteiger partial charge >= 0.3 is 0 Å². The van der Waals surface area contributed by atoms with Gasteiger partial charge in [-0.3, -0.25) is 0 Å². The van der Waals surface area contributed by atoms with Crippen molar-refractivity contribution in [3.05, 3.63) is 64.7 Å². The molecule has 0 aliphatic rings. The van der Waals surface area contributed by atoms with E-state index < -0.39 is 0 Å². The van der Waals surface area contributed by atoms with Gasteiger partial charge in [-0.15, -0.1) is 0 Å². The lowest BCUT2D eigenvalue weighted by Crippen LogP contribution is -2.35. The molecule has 3 nitrogen and oxygen atoms in total. The molecule has 0 saturated heterocycles. The first-order valence-electron chi connectivity index (χ1n) is 10.5. The van der Waals surface area contributed by atoms with Gasteiger partial charge in [0.25, 0.3) is 0 Å². The lowest BCUT2D eigenvalue weighted by molar-refractivity contribution is 0.262. The monoisotopic (exact) mass is 402 g/mol. The fourth-order valence-electron chi connectivity index (χ4n) is 3.35. The Kier molecular flexibility index (Phi) is 10.4. The molecule has 0 unspecified atom stereocenters. The number of halogens is 1. The SMILES string of the molecule is CCCCN(CCCC)CCN[C@@H](c1ccc(Cl)cc1)c1ccc(OC)cc1. The summed E-state index contributed by atoms with van der Waals surface area (Å²) in [5, 5.41) is 4.53. The van der Waals surface area contributed by atoms with Crippen LogP contribution in [0.1, 0.15) is 56.7 Å². The summed E-state index contributed by atoms with van der Waals surface area (Å²) in [5.41, 5.74) is 2.46. The Morgan fingerprint density at radius 3 is 1.89 bits per heavy atom. The average Bonchev–Trinajstić information content (AvgIpc) is 2.73. The zero-order chi connectivity index (χ0) is 20.2. The lowest BCUT2D eigenvalue weighted by atomic mass is 9.98. The van der Waals surface area contributed by atoms with E-state index in [1.165, 1.54) is 49.9 Å². The molecule has 154 valence electrons. The van der Waals surface area contributed by atoms with Crippen LogP contribution < -0.4 is 10.1 Å². The maximum Gasteiger partial charge on any atom is 0.118 e. The molecule has 0 aliphatic carbocycles. The van der Waals surface area contributed by atoms with Crippen molar-refractivity contribution < 1.29 is 4.74 Å². The maximum absolute atomic E-state index is 6.10. The summed E-state index contributed by atoms with van der Waals surface area (Å²) < 4.78 is 5.31. The molecule has 0 saturated carbocycles. The quantitative estimate of drug-likeness (QED) is 0.449. The average molecular weight is 403 g/mol. The smallest absolute Gasteiger partial charge is 0.118 e. The molecule has 0 spiro atoms. The van der Waals surface area contributed by atoms with E-state index >= 15 is 0 Å². The molecule has 2 rings (SSSR count). The van der Waals surface area contributed by atoms with Crippen LogP contribution in [0.15, 0.2) is 48.5 Å². The largest absolute Gasteiger partial charge is 0.497 e. The third kappa shape index (κ3) is 7.46. The predicted molar refractivity (Wildman–Crippen MR) is 121 cm³/mol. The molecule has 2 aromatic rings. The molecule has 0 amide bonds. The Hall–Kier alpha value is -1.55. The van der Waals surface area contributed by atoms with E-state index in [4.69, 9.17) is 16.3 Å². The number of rotatable bonds is 13. The molecule has 0 heterocycles. The number of nitrogens with zero attached hydrogens (tertiary/aromatic N) is 1. The molecule has 2 aromatic carbocycles. The van der Waals surface area contributed by atoms with Crippen LogP contribution >= 0.6 is 11.6 Å². The van der Waals surface area contributed by atoms with Crippen LogP contribution in [0.4, 0.5) is 0 Å². The summed E-state index contributed by atoms with van der Waals surface area (Å²) in [4.78, 5) is 2.59. The first-order chi connectivity index (χ1) is 13.7. The fourth-order valence-corrected chi connectivity index (χ4v) is 3.47. The van der Waals surface area contributed by atoms with E-state index in [2.05, 4.69) is 48.3 Å². The van der Waals surface area contributed by atoms with Gasteiger partial charge in [0.1, 0.15) is 5.75 Å². The van der Waals surface area contributed by atoms with Gasteiger partial charge in [0.05, 0.1) is 13.2 Å². The first-order valence-corrected chi connectivity index (χ1v) is 10.9. The minimum atomic E-state index is 0.141. The van der Waals surface area contributed by atoms with Crippen molar-refractivity contribution in [2.75, 3.05) is 33.3 Å². The van der Waals surface area contributed by atoms with Crippen molar-refractivity contribution in [1.29, 1.82) is 0 Å². The Bertz CT molecular complexity index is 649. The molecular formula is C24H35ClN2O. The van der Waals surface area contributed by atoms with Gasteiger partial charge in [0.2, 0.25) is 0 Å². The Balaban J connectivity index is 2.07. The van der Waals surface area contributed by atoms with E-state index in [9.17, 15) is 0 Å². The molecule has 1 atom stereocenters. The van der Waals surface area contributed by atoms with Crippen molar-refractivity contribution in [3.8, 4) is 5.75 Å². The number of benzene rings is 2. The van der Waals surface area contributed by atoms with Crippen molar-refractivity contribution in [3.63, 3.8) is 0 Å². The number of unbranched alkanes of at least 4 members (excludes halogenated alkanes) is 2. The van der Waals surface area contributed by atoms with E-state index in [0.717, 1.165) is 23.9 Å². The number of hydrogen-bond acceptors (Lipinski definition) is 3. The second kappa shape index (κ2) is 12.8. The Labute approximate surface area is 176 Å². The fraction of sp³-hybridized carbons (Fsp3) is 0.500. The molecule has 0 fully saturated rings. The van der Waals surface area contributed by atoms with E-state index in [1.807, 2.05) is 24.3 Å². The minimum absolute atomic E-state index is 0.141. The molecule has 1 N–H and O–H groups in total. The van der Waals surface area contributed by atoms with Gasteiger partial charge in [0, 0.05) is 18.1 Å². The summed E-state index contributed by atoms with van der Waals surface area (Å²) >= 11 is 6.10. The van der Waals surface area contributed by atoms with Crippen LogP contribution in [0, 0.1) is 0 Å². The summed E-state index contributed by atoms with van der Waals surface area (Å²) in [6.07, 6.45) is 5.02. The van der Waals surface area contributed by atoms with Gasteiger partial charge in [-0.2, -0.15) is 0 Å². The normalized spacial score (nSPS) is 12.3. The highest BCUT2D eigenvalue weighted by atomic mass is 35.5. The van der Waals surface area contributed by atoms with Crippen molar-refractivity contribution in [2.45, 2.75) is 45.6 Å². The highest BCUT2D eigenvalue weighted by molar-refractivity contribution is 6.30. The molecule has 28 heavy (non-hydrogen) atoms. The van der Waals surface area contributed by atoms with Gasteiger partial charge < -0.3 is 15.0 Å². The van der Waals surface area contributed by atoms with E-state index in [1.54, 1.807) is 7.11 Å². The van der Waals surface area contributed by atoms with E-state index in [-0.39, 0.29) is 6.04 Å². The number of nitrogens with one attached hydrogen (secondary N) is 1. The van der Waals surface area contributed by atoms with Crippen LogP contribution in [-0.2, 0) is 0 Å². The number of ether oxygens (including phenoxy) is 1. The van der Waals surface area contributed by atoms with Gasteiger partial charge in [-0.25, -0.2) is 0 Å². The van der Waals surface area contributed by atoms with E-state index in [0.29, 0.717) is 0 Å². The minimum Gasteiger partial charge on any atom is -0.497 e. The van der Waals surface area contributed by atoms with Gasteiger partial charge in [-0.1, -0.05) is 62.6 Å². The molecule has 0 radical (unpaired) electrons. The Morgan fingerprint density at radius 1 is 0.857 bits per heavy atom. The molecular weight excluding hydrogens is 368 g/mol. The second-order valence-corrected chi connectivity index (χ2v) is 7.70. The number of hydrogen-bond donors (Lipinski definition) is 1. The molecule has 0 aliphatic heterocycles. The highest BCUT2D eigenvalue weighted by Crippen LogP contribution is 2.25. The van der Waals surface area contributed by atoms with Crippen LogP contribution in [0.2, 0.25) is 5.02 Å². The second-order valence-electron chi connectivity index (χ2n) is 7.26. The summed E-state index contributed by atoms with van der Waals surface area (Å²) in [7, 11) is 1.70. The summed E-state index contributed by atoms with van der Waals surface area (Å²) in [6.45, 7) is 8.92. The predicted octanol–water partition coefficient (Wildman–Crippen LogP) is 5.93. The lowest BCUT2D eigenvalue weighted by Gasteiger charge is -2.25. The van der Waals surface area contributed by atoms with Gasteiger partial charge in [0.15, 0.2) is 0 Å². The highest BCUT2D eigenvalue weighted by Gasteiger charge is 2.14. The van der Waals surface area contributed by atoms with Crippen LogP contribution in [0.25, 0.3) is 0 Å². The van der Waals surface area contributed by atoms with Crippen LogP contribution in [0.3, 0.4) is 0 Å². The summed E-state index contributed by atoms with van der Waals surface area (Å²) in [5.74, 6) is 0.879. The van der Waals surface area contributed by atoms with Crippen molar-refractivity contribution >= 4 is 11.6 Å². The molecule has 0 aromatic heterocycles. The maximum atomic E-state index is 6.10. The summed E-state index contributed by atoms with van der Waals surface area (Å²) in [6, 6.07) is 16.6. The van der Waals surface area contributed by atoms with Crippen LogP contribution in [0.5, 0.6) is 5.75 Å². The number of methoxy groups -OCH3 is 1. The molecule has 4 heteroatoms. The third-order valence-corrected chi connectivity index (χ3v) is 5.34. The zero-order valence-electron chi connectivity index (χ0n) is 17.6. The van der Waals surface area contributed by atoms with Crippen LogP contribution in [-0.4, -0.2) is 38.2 Å². The third-order valence-electron chi connectivity index (χ3n) is 5.08. The Morgan fingerprint density at radius 2 is 1.39 bits per heavy atom. The standard InChI is InChI=1S/C24H35ClN2O/c1-4-6-17-27(18-7-5-2)19-16-26-24(20-8-12-22(25)13-9-20)21-10-14-23(28-3)15-11-21/h8-15,24,26H,4-7,16-19H2,1-3H3/t24-/m0/s1. The van der Waals surface area contributed by atoms with Crippen molar-refractivity contribution in [2.24, 2.45) is 0 Å². The zero-order valence-corrected chi connectivity index (χ0v) is 18.3. The van der Waals surface area contributed by atoms with Gasteiger partial charge in [-0.05, 0) is 61.3 Å². The first kappa shape index (κ1) is 22.7. The molecule has 0 bridgehead atoms. The van der Waals surface area contributed by atoms with Crippen molar-refractivity contribution in [1.82, 2.24) is 10.2 Å². The topological polar surface area (TPSA) is 24.5 Å².